The third-order valence-corrected chi connectivity index (χ3v) is 1.79. The van der Waals surface area contributed by atoms with Crippen molar-refractivity contribution in [1.82, 2.24) is 0 Å². The highest BCUT2D eigenvalue weighted by Crippen LogP contribution is 2.24. The molecule has 0 radical (unpaired) electrons. The molecule has 1 N–H and O–H groups in total. The molecule has 1 aliphatic rings. The minimum absolute atomic E-state index is 0.187. The van der Waals surface area contributed by atoms with Crippen molar-refractivity contribution in [3.05, 3.63) is 0 Å². The van der Waals surface area contributed by atoms with E-state index in [1.54, 1.807) is 6.92 Å². The van der Waals surface area contributed by atoms with Gasteiger partial charge in [0.15, 0.2) is 11.3 Å². The Morgan fingerprint density at radius 1 is 1.69 bits per heavy atom. The lowest BCUT2D eigenvalue weighted by Gasteiger charge is -2.18. The van der Waals surface area contributed by atoms with Crippen LogP contribution in [0.15, 0.2) is 5.16 Å². The average Bonchev–Trinajstić information content (AvgIpc) is 2.48. The van der Waals surface area contributed by atoms with Crippen molar-refractivity contribution in [3.8, 4) is 0 Å². The van der Waals surface area contributed by atoms with Gasteiger partial charge in [-0.2, -0.15) is 0 Å². The zero-order valence-corrected chi connectivity index (χ0v) is 7.44. The van der Waals surface area contributed by atoms with E-state index in [-0.39, 0.29) is 5.71 Å². The van der Waals surface area contributed by atoms with Gasteiger partial charge in [-0.1, -0.05) is 5.16 Å². The molecule has 74 valence electrons. The fraction of sp³-hybridized carbons (Fsp3) is 0.714. The second-order valence-electron chi connectivity index (χ2n) is 2.81. The monoisotopic (exact) mass is 189 g/mol. The molecule has 0 aliphatic carbocycles. The molecule has 1 unspecified atom stereocenters. The molecule has 1 aliphatic heterocycles. The summed E-state index contributed by atoms with van der Waals surface area (Å²) in [5.41, 5.74) is -1.20. The van der Waals surface area contributed by atoms with E-state index >= 15 is 0 Å². The van der Waals surface area contributed by atoms with Crippen LogP contribution in [0.3, 0.4) is 0 Å². The number of rotatable bonds is 3. The van der Waals surface area contributed by atoms with E-state index in [4.69, 9.17) is 9.99 Å². The lowest BCUT2D eigenvalue weighted by atomic mass is 9.97. The Bertz CT molecular complexity index is 231. The summed E-state index contributed by atoms with van der Waals surface area (Å²) in [5.74, 6) is -1.17. The molecule has 0 bridgehead atoms. The van der Waals surface area contributed by atoms with Crippen LogP contribution in [0.2, 0.25) is 0 Å². The molecule has 0 saturated carbocycles. The maximum atomic E-state index is 10.7. The third kappa shape index (κ3) is 1.96. The van der Waals surface area contributed by atoms with Crippen LogP contribution in [-0.4, -0.2) is 36.1 Å². The van der Waals surface area contributed by atoms with Gasteiger partial charge in [0, 0.05) is 6.42 Å². The van der Waals surface area contributed by atoms with E-state index in [0.717, 1.165) is 0 Å². The number of oxime groups is 1. The first-order valence-electron chi connectivity index (χ1n) is 3.76. The first-order chi connectivity index (χ1) is 6.10. The molecule has 0 amide bonds. The fourth-order valence-corrected chi connectivity index (χ4v) is 1.06. The highest BCUT2D eigenvalue weighted by Gasteiger charge is 2.42. The number of carboxylic acids is 1. The van der Waals surface area contributed by atoms with Crippen LogP contribution in [0.5, 0.6) is 0 Å². The Balaban J connectivity index is 2.86. The van der Waals surface area contributed by atoms with Crippen molar-refractivity contribution in [2.24, 2.45) is 5.16 Å². The predicted molar refractivity (Wildman–Crippen MR) is 42.1 cm³/mol. The van der Waals surface area contributed by atoms with Crippen LogP contribution in [-0.2, 0) is 19.4 Å². The quantitative estimate of drug-likeness (QED) is 0.389. The molecule has 0 aromatic heterocycles. The zero-order valence-electron chi connectivity index (χ0n) is 7.44. The van der Waals surface area contributed by atoms with E-state index < -0.39 is 11.6 Å². The molecule has 1 fully saturated rings. The van der Waals surface area contributed by atoms with Gasteiger partial charge in [-0.15, -0.1) is 0 Å². The molecule has 6 heteroatoms. The number of hydrogen-bond acceptors (Lipinski definition) is 5. The van der Waals surface area contributed by atoms with Crippen molar-refractivity contribution in [3.63, 3.8) is 0 Å². The van der Waals surface area contributed by atoms with E-state index in [1.165, 1.54) is 7.11 Å². The summed E-state index contributed by atoms with van der Waals surface area (Å²) in [6.07, 6.45) is 0.446. The number of aliphatic carboxylic acids is 1. The van der Waals surface area contributed by atoms with Gasteiger partial charge < -0.3 is 9.94 Å². The van der Waals surface area contributed by atoms with Crippen molar-refractivity contribution >= 4 is 11.7 Å². The lowest BCUT2D eigenvalue weighted by molar-refractivity contribution is -0.287. The SMILES string of the molecule is CO/N=C(\C(=O)O)C1(C)CCOO1. The van der Waals surface area contributed by atoms with E-state index in [9.17, 15) is 4.79 Å². The van der Waals surface area contributed by atoms with Crippen molar-refractivity contribution in [2.75, 3.05) is 13.7 Å². The Kier molecular flexibility index (Phi) is 2.84. The molecule has 0 aromatic rings. The molecule has 6 nitrogen and oxygen atoms in total. The summed E-state index contributed by atoms with van der Waals surface area (Å²) in [6, 6.07) is 0. The largest absolute Gasteiger partial charge is 0.477 e. The van der Waals surface area contributed by atoms with Gasteiger partial charge in [-0.3, -0.25) is 0 Å². The van der Waals surface area contributed by atoms with Crippen molar-refractivity contribution in [1.29, 1.82) is 0 Å². The molecule has 0 spiro atoms. The lowest BCUT2D eigenvalue weighted by Crippen LogP contribution is -2.39. The van der Waals surface area contributed by atoms with E-state index in [1.807, 2.05) is 0 Å². The Morgan fingerprint density at radius 2 is 2.38 bits per heavy atom. The Labute approximate surface area is 75.0 Å². The maximum Gasteiger partial charge on any atom is 0.356 e. The number of carbonyl (C=O) groups is 1. The van der Waals surface area contributed by atoms with E-state index in [2.05, 4.69) is 14.9 Å². The van der Waals surface area contributed by atoms with Gasteiger partial charge in [-0.25, -0.2) is 14.6 Å². The molecule has 1 heterocycles. The summed E-state index contributed by atoms with van der Waals surface area (Å²) in [6.45, 7) is 1.94. The van der Waals surface area contributed by atoms with Crippen LogP contribution >= 0.6 is 0 Å². The molecule has 1 rings (SSSR count). The van der Waals surface area contributed by atoms with Gasteiger partial charge >= 0.3 is 5.97 Å². The maximum absolute atomic E-state index is 10.7. The summed E-state index contributed by atoms with van der Waals surface area (Å²) >= 11 is 0. The van der Waals surface area contributed by atoms with Crippen molar-refractivity contribution < 1.29 is 24.5 Å². The molecule has 0 aromatic carbocycles. The first kappa shape index (κ1) is 9.94. The van der Waals surface area contributed by atoms with Crippen LogP contribution in [0.25, 0.3) is 0 Å². The Hall–Kier alpha value is -1.14. The van der Waals surface area contributed by atoms with Gasteiger partial charge in [0.25, 0.3) is 0 Å². The molecule has 1 atom stereocenters. The topological polar surface area (TPSA) is 77.4 Å². The molecular formula is C7H11NO5. The number of hydrogen-bond donors (Lipinski definition) is 1. The minimum Gasteiger partial charge on any atom is -0.477 e. The average molecular weight is 189 g/mol. The van der Waals surface area contributed by atoms with E-state index in [0.29, 0.717) is 13.0 Å². The zero-order chi connectivity index (χ0) is 9.90. The van der Waals surface area contributed by atoms with Crippen LogP contribution in [0, 0.1) is 0 Å². The summed E-state index contributed by atoms with van der Waals surface area (Å²) in [7, 11) is 1.28. The predicted octanol–water partition coefficient (Wildman–Crippen LogP) is 0.184. The fourth-order valence-electron chi connectivity index (χ4n) is 1.06. The first-order valence-corrected chi connectivity index (χ1v) is 3.76. The van der Waals surface area contributed by atoms with Gasteiger partial charge in [0.1, 0.15) is 7.11 Å². The van der Waals surface area contributed by atoms with Gasteiger partial charge in [-0.05, 0) is 6.92 Å². The summed E-state index contributed by atoms with van der Waals surface area (Å²) in [5, 5.41) is 12.2. The standard InChI is InChI=1S/C7H11NO5/c1-7(3-4-12-13-7)5(6(9)10)8-11-2/h3-4H2,1-2H3,(H,9,10)/b8-5+. The third-order valence-electron chi connectivity index (χ3n) is 1.79. The summed E-state index contributed by atoms with van der Waals surface area (Å²) < 4.78 is 0. The minimum atomic E-state index is -1.17. The van der Waals surface area contributed by atoms with Gasteiger partial charge in [0.05, 0.1) is 6.61 Å². The molecule has 1 saturated heterocycles. The second kappa shape index (κ2) is 3.71. The number of nitrogens with zero attached hydrogens (tertiary/aromatic N) is 1. The molecule has 13 heavy (non-hydrogen) atoms. The normalized spacial score (nSPS) is 28.9. The van der Waals surface area contributed by atoms with Crippen molar-refractivity contribution in [2.45, 2.75) is 18.9 Å². The number of carboxylic acid groups (broad SMARTS) is 1. The second-order valence-corrected chi connectivity index (χ2v) is 2.81. The van der Waals surface area contributed by atoms with Crippen LogP contribution in [0.1, 0.15) is 13.3 Å². The highest BCUT2D eigenvalue weighted by molar-refractivity contribution is 6.38. The smallest absolute Gasteiger partial charge is 0.356 e. The highest BCUT2D eigenvalue weighted by atomic mass is 17.2. The molecular weight excluding hydrogens is 178 g/mol. The summed E-state index contributed by atoms with van der Waals surface area (Å²) in [4.78, 5) is 24.6. The van der Waals surface area contributed by atoms with Gasteiger partial charge in [0.2, 0.25) is 0 Å². The Morgan fingerprint density at radius 3 is 2.77 bits per heavy atom. The van der Waals surface area contributed by atoms with Crippen LogP contribution < -0.4 is 0 Å². The van der Waals surface area contributed by atoms with Crippen LogP contribution in [0.4, 0.5) is 0 Å².